The number of imidazole rings is 1. The normalized spacial score (nSPS) is 11.2. The van der Waals surface area contributed by atoms with Gasteiger partial charge in [0.2, 0.25) is 5.65 Å². The molecule has 0 amide bonds. The first kappa shape index (κ1) is 13.4. The summed E-state index contributed by atoms with van der Waals surface area (Å²) in [6.45, 7) is 6.31. The summed E-state index contributed by atoms with van der Waals surface area (Å²) in [6.07, 6.45) is 5.23. The minimum absolute atomic E-state index is 0.359. The van der Waals surface area contributed by atoms with E-state index in [0.29, 0.717) is 23.3 Å². The Morgan fingerprint density at radius 3 is 2.86 bits per heavy atom. The molecule has 0 bridgehead atoms. The van der Waals surface area contributed by atoms with Crippen LogP contribution in [0.2, 0.25) is 0 Å². The van der Waals surface area contributed by atoms with E-state index in [-0.39, 0.29) is 0 Å². The number of benzene rings is 1. The third-order valence-corrected chi connectivity index (χ3v) is 3.36. The zero-order chi connectivity index (χ0) is 15.0. The van der Waals surface area contributed by atoms with Crippen LogP contribution in [0.1, 0.15) is 30.9 Å². The molecule has 3 aromatic rings. The second kappa shape index (κ2) is 5.09. The molecule has 0 aliphatic rings. The van der Waals surface area contributed by atoms with Gasteiger partial charge in [0.25, 0.3) is 5.88 Å². The standard InChI is InChI=1S/C16H18N4O/c1-10(2)12-5-4-11(3)8-13(12)21-16-15-18-6-7-20(15)9-14(17)19-16/h4-10H,17H2,1-3H3. The van der Waals surface area contributed by atoms with Crippen LogP contribution in [0.15, 0.2) is 36.8 Å². The highest BCUT2D eigenvalue weighted by Gasteiger charge is 2.13. The van der Waals surface area contributed by atoms with E-state index in [1.807, 2.05) is 23.6 Å². The van der Waals surface area contributed by atoms with E-state index in [9.17, 15) is 0 Å². The molecule has 2 aromatic heterocycles. The molecule has 0 saturated heterocycles. The van der Waals surface area contributed by atoms with Gasteiger partial charge in [-0.2, -0.15) is 4.98 Å². The second-order valence-electron chi connectivity index (χ2n) is 5.43. The molecule has 5 nitrogen and oxygen atoms in total. The number of aryl methyl sites for hydroxylation is 1. The summed E-state index contributed by atoms with van der Waals surface area (Å²) in [5, 5.41) is 0. The summed E-state index contributed by atoms with van der Waals surface area (Å²) in [5.74, 6) is 1.98. The maximum absolute atomic E-state index is 6.03. The van der Waals surface area contributed by atoms with Crippen LogP contribution >= 0.6 is 0 Å². The van der Waals surface area contributed by atoms with E-state index in [2.05, 4.69) is 35.9 Å². The fourth-order valence-electron chi connectivity index (χ4n) is 2.30. The Kier molecular flexibility index (Phi) is 3.25. The Morgan fingerprint density at radius 1 is 1.29 bits per heavy atom. The fourth-order valence-corrected chi connectivity index (χ4v) is 2.30. The topological polar surface area (TPSA) is 65.4 Å². The van der Waals surface area contributed by atoms with Crippen LogP contribution in [0.4, 0.5) is 5.82 Å². The summed E-state index contributed by atoms with van der Waals surface area (Å²) < 4.78 is 7.84. The van der Waals surface area contributed by atoms with Crippen LogP contribution in [0.3, 0.4) is 0 Å². The lowest BCUT2D eigenvalue weighted by Crippen LogP contribution is -2.01. The molecule has 1 aromatic carbocycles. The van der Waals surface area contributed by atoms with Crippen LogP contribution in [0, 0.1) is 6.92 Å². The van der Waals surface area contributed by atoms with Gasteiger partial charge in [0.1, 0.15) is 11.6 Å². The Hall–Kier alpha value is -2.56. The highest BCUT2D eigenvalue weighted by atomic mass is 16.5. The smallest absolute Gasteiger partial charge is 0.265 e. The first-order chi connectivity index (χ1) is 10.0. The molecule has 0 atom stereocenters. The van der Waals surface area contributed by atoms with Gasteiger partial charge in [0.15, 0.2) is 0 Å². The number of anilines is 1. The summed E-state index contributed by atoms with van der Waals surface area (Å²) in [5.41, 5.74) is 8.75. The van der Waals surface area contributed by atoms with Crippen LogP contribution in [0.25, 0.3) is 5.65 Å². The zero-order valence-electron chi connectivity index (χ0n) is 12.4. The van der Waals surface area contributed by atoms with Crippen molar-refractivity contribution in [1.82, 2.24) is 14.4 Å². The van der Waals surface area contributed by atoms with E-state index in [0.717, 1.165) is 16.9 Å². The number of hydrogen-bond donors (Lipinski definition) is 1. The molecule has 21 heavy (non-hydrogen) atoms. The Bertz CT molecular complexity index is 792. The highest BCUT2D eigenvalue weighted by Crippen LogP contribution is 2.32. The molecule has 0 aliphatic carbocycles. The van der Waals surface area contributed by atoms with Gasteiger partial charge in [0, 0.05) is 12.4 Å². The van der Waals surface area contributed by atoms with Gasteiger partial charge in [-0.15, -0.1) is 0 Å². The van der Waals surface area contributed by atoms with Gasteiger partial charge in [-0.3, -0.25) is 4.40 Å². The zero-order valence-corrected chi connectivity index (χ0v) is 12.4. The summed E-state index contributed by atoms with van der Waals surface area (Å²) in [7, 11) is 0. The van der Waals surface area contributed by atoms with E-state index in [1.54, 1.807) is 12.4 Å². The molecular weight excluding hydrogens is 264 g/mol. The molecule has 0 radical (unpaired) electrons. The van der Waals surface area contributed by atoms with Crippen molar-refractivity contribution in [2.75, 3.05) is 5.73 Å². The lowest BCUT2D eigenvalue weighted by atomic mass is 10.0. The highest BCUT2D eigenvalue weighted by molar-refractivity contribution is 5.55. The number of nitrogen functional groups attached to an aromatic ring is 1. The molecule has 0 fully saturated rings. The predicted molar refractivity (Wildman–Crippen MR) is 82.7 cm³/mol. The first-order valence-corrected chi connectivity index (χ1v) is 6.92. The van der Waals surface area contributed by atoms with Crippen molar-refractivity contribution in [3.05, 3.63) is 47.9 Å². The molecule has 3 rings (SSSR count). The van der Waals surface area contributed by atoms with Crippen molar-refractivity contribution in [3.8, 4) is 11.6 Å². The van der Waals surface area contributed by atoms with Crippen LogP contribution in [-0.2, 0) is 0 Å². The number of ether oxygens (including phenoxy) is 1. The van der Waals surface area contributed by atoms with Crippen LogP contribution in [-0.4, -0.2) is 14.4 Å². The first-order valence-electron chi connectivity index (χ1n) is 6.92. The SMILES string of the molecule is Cc1ccc(C(C)C)c(Oc2nc(N)cn3ccnc23)c1. The van der Waals surface area contributed by atoms with Gasteiger partial charge in [-0.25, -0.2) is 4.98 Å². The van der Waals surface area contributed by atoms with Gasteiger partial charge in [0.05, 0.1) is 6.20 Å². The number of aromatic nitrogens is 3. The third-order valence-electron chi connectivity index (χ3n) is 3.36. The minimum atomic E-state index is 0.359. The molecule has 5 heteroatoms. The van der Waals surface area contributed by atoms with Crippen LogP contribution in [0.5, 0.6) is 11.6 Å². The molecular formula is C16H18N4O. The van der Waals surface area contributed by atoms with E-state index in [4.69, 9.17) is 10.5 Å². The lowest BCUT2D eigenvalue weighted by molar-refractivity contribution is 0.457. The monoisotopic (exact) mass is 282 g/mol. The molecule has 0 spiro atoms. The van der Waals surface area contributed by atoms with Crippen LogP contribution < -0.4 is 10.5 Å². The fraction of sp³-hybridized carbons (Fsp3) is 0.250. The molecule has 2 heterocycles. The molecule has 0 saturated carbocycles. The van der Waals surface area contributed by atoms with Gasteiger partial charge in [-0.1, -0.05) is 26.0 Å². The average Bonchev–Trinajstić information content (AvgIpc) is 2.86. The average molecular weight is 282 g/mol. The lowest BCUT2D eigenvalue weighted by Gasteiger charge is -2.14. The molecule has 2 N–H and O–H groups in total. The Morgan fingerprint density at radius 2 is 2.10 bits per heavy atom. The van der Waals surface area contributed by atoms with E-state index in [1.165, 1.54) is 0 Å². The van der Waals surface area contributed by atoms with Crippen molar-refractivity contribution >= 4 is 11.5 Å². The molecule has 0 aliphatic heterocycles. The molecule has 0 unspecified atom stereocenters. The third kappa shape index (κ3) is 2.54. The number of rotatable bonds is 3. The minimum Gasteiger partial charge on any atom is -0.436 e. The Labute approximate surface area is 123 Å². The molecule has 108 valence electrons. The van der Waals surface area contributed by atoms with E-state index < -0.39 is 0 Å². The maximum atomic E-state index is 6.03. The Balaban J connectivity index is 2.10. The van der Waals surface area contributed by atoms with Gasteiger partial charge < -0.3 is 10.5 Å². The van der Waals surface area contributed by atoms with Crippen molar-refractivity contribution < 1.29 is 4.74 Å². The van der Waals surface area contributed by atoms with E-state index >= 15 is 0 Å². The van der Waals surface area contributed by atoms with Crippen molar-refractivity contribution in [1.29, 1.82) is 0 Å². The maximum Gasteiger partial charge on any atom is 0.265 e. The quantitative estimate of drug-likeness (QED) is 0.798. The van der Waals surface area contributed by atoms with Gasteiger partial charge in [-0.05, 0) is 30.0 Å². The van der Waals surface area contributed by atoms with Crippen molar-refractivity contribution in [2.45, 2.75) is 26.7 Å². The second-order valence-corrected chi connectivity index (χ2v) is 5.43. The number of fused-ring (bicyclic) bond motifs is 1. The van der Waals surface area contributed by atoms with Gasteiger partial charge >= 0.3 is 0 Å². The number of nitrogens with zero attached hydrogens (tertiary/aromatic N) is 3. The summed E-state index contributed by atoms with van der Waals surface area (Å²) in [6, 6.07) is 6.18. The largest absolute Gasteiger partial charge is 0.436 e. The van der Waals surface area contributed by atoms with Crippen molar-refractivity contribution in [2.24, 2.45) is 0 Å². The predicted octanol–water partition coefficient (Wildman–Crippen LogP) is 3.54. The summed E-state index contributed by atoms with van der Waals surface area (Å²) in [4.78, 5) is 8.54. The van der Waals surface area contributed by atoms with Crippen molar-refractivity contribution in [3.63, 3.8) is 0 Å². The number of hydrogen-bond acceptors (Lipinski definition) is 4. The number of nitrogens with two attached hydrogens (primary N) is 1. The summed E-state index contributed by atoms with van der Waals surface area (Å²) >= 11 is 0.